The molecule has 1 aliphatic rings. The largest absolute Gasteiger partial charge is 0.469 e. The van der Waals surface area contributed by atoms with E-state index in [-0.39, 0.29) is 18.3 Å². The van der Waals surface area contributed by atoms with E-state index in [1.54, 1.807) is 16.6 Å². The van der Waals surface area contributed by atoms with Crippen molar-refractivity contribution < 1.29 is 14.3 Å². The van der Waals surface area contributed by atoms with Gasteiger partial charge in [0.15, 0.2) is 0 Å². The van der Waals surface area contributed by atoms with Crippen molar-refractivity contribution >= 4 is 17.7 Å². The first-order valence-electron chi connectivity index (χ1n) is 7.08. The first-order chi connectivity index (χ1) is 10.6. The standard InChI is InChI=1S/C16H17N3O3/c1-18-14(9-13(17-18)11-6-4-3-5-7-11)19-10-12(8-15(19)20)16(21)22-2/h3-7,9,12H,8,10H2,1-2H3. The van der Waals surface area contributed by atoms with Crippen molar-refractivity contribution in [3.8, 4) is 11.3 Å². The van der Waals surface area contributed by atoms with Gasteiger partial charge < -0.3 is 4.74 Å². The third kappa shape index (κ3) is 2.47. The molecule has 0 saturated carbocycles. The molecule has 22 heavy (non-hydrogen) atoms. The van der Waals surface area contributed by atoms with Crippen LogP contribution >= 0.6 is 0 Å². The normalized spacial score (nSPS) is 17.8. The quantitative estimate of drug-likeness (QED) is 0.808. The van der Waals surface area contributed by atoms with Crippen LogP contribution < -0.4 is 4.90 Å². The van der Waals surface area contributed by atoms with Crippen molar-refractivity contribution in [1.29, 1.82) is 0 Å². The number of anilines is 1. The Labute approximate surface area is 128 Å². The van der Waals surface area contributed by atoms with Gasteiger partial charge in [-0.2, -0.15) is 5.10 Å². The summed E-state index contributed by atoms with van der Waals surface area (Å²) in [5.41, 5.74) is 1.79. The fourth-order valence-electron chi connectivity index (χ4n) is 2.71. The molecule has 1 unspecified atom stereocenters. The van der Waals surface area contributed by atoms with Gasteiger partial charge in [-0.15, -0.1) is 0 Å². The summed E-state index contributed by atoms with van der Waals surface area (Å²) in [4.78, 5) is 25.4. The lowest BCUT2D eigenvalue weighted by atomic mass is 10.1. The molecule has 6 heteroatoms. The summed E-state index contributed by atoms with van der Waals surface area (Å²) in [5.74, 6) is -0.151. The van der Waals surface area contributed by atoms with Crippen LogP contribution in [0.4, 0.5) is 5.82 Å². The molecule has 1 amide bonds. The first kappa shape index (κ1) is 14.3. The maximum absolute atomic E-state index is 12.2. The third-order valence-electron chi connectivity index (χ3n) is 3.86. The molecule has 6 nitrogen and oxygen atoms in total. The second-order valence-corrected chi connectivity index (χ2v) is 5.31. The summed E-state index contributed by atoms with van der Waals surface area (Å²) in [6, 6.07) is 11.6. The van der Waals surface area contributed by atoms with Crippen LogP contribution in [-0.4, -0.2) is 35.3 Å². The van der Waals surface area contributed by atoms with E-state index in [1.807, 2.05) is 36.4 Å². The molecule has 0 bridgehead atoms. The van der Waals surface area contributed by atoms with Gasteiger partial charge in [0.2, 0.25) is 5.91 Å². The lowest BCUT2D eigenvalue weighted by Gasteiger charge is -2.15. The summed E-state index contributed by atoms with van der Waals surface area (Å²) < 4.78 is 6.40. The Morgan fingerprint density at radius 3 is 2.73 bits per heavy atom. The molecule has 0 spiro atoms. The lowest BCUT2D eigenvalue weighted by molar-refractivity contribution is -0.145. The van der Waals surface area contributed by atoms with Crippen LogP contribution in [0.1, 0.15) is 6.42 Å². The van der Waals surface area contributed by atoms with E-state index >= 15 is 0 Å². The Balaban J connectivity index is 1.88. The molecule has 3 rings (SSSR count). The van der Waals surface area contributed by atoms with Gasteiger partial charge in [-0.05, 0) is 0 Å². The minimum Gasteiger partial charge on any atom is -0.469 e. The smallest absolute Gasteiger partial charge is 0.311 e. The highest BCUT2D eigenvalue weighted by atomic mass is 16.5. The average molecular weight is 299 g/mol. The number of nitrogens with zero attached hydrogens (tertiary/aromatic N) is 3. The van der Waals surface area contributed by atoms with Gasteiger partial charge in [0.1, 0.15) is 5.82 Å². The van der Waals surface area contributed by atoms with Crippen molar-refractivity contribution in [3.63, 3.8) is 0 Å². The van der Waals surface area contributed by atoms with E-state index in [0.29, 0.717) is 12.4 Å². The number of hydrogen-bond donors (Lipinski definition) is 0. The van der Waals surface area contributed by atoms with Crippen molar-refractivity contribution in [2.75, 3.05) is 18.6 Å². The maximum atomic E-state index is 12.2. The van der Waals surface area contributed by atoms with E-state index in [0.717, 1.165) is 11.3 Å². The highest BCUT2D eigenvalue weighted by molar-refractivity contribution is 5.99. The number of carbonyl (C=O) groups is 2. The molecule has 1 aromatic heterocycles. The van der Waals surface area contributed by atoms with E-state index in [1.165, 1.54) is 7.11 Å². The summed E-state index contributed by atoms with van der Waals surface area (Å²) in [6.07, 6.45) is 0.179. The molecule has 0 aliphatic carbocycles. The second-order valence-electron chi connectivity index (χ2n) is 5.31. The third-order valence-corrected chi connectivity index (χ3v) is 3.86. The average Bonchev–Trinajstić information content (AvgIpc) is 3.10. The number of hydrogen-bond acceptors (Lipinski definition) is 4. The molecule has 1 fully saturated rings. The molecule has 2 aromatic rings. The van der Waals surface area contributed by atoms with Gasteiger partial charge in [0.25, 0.3) is 0 Å². The Bertz CT molecular complexity index is 709. The van der Waals surface area contributed by atoms with Crippen LogP contribution in [-0.2, 0) is 21.4 Å². The van der Waals surface area contributed by atoms with Gasteiger partial charge in [-0.1, -0.05) is 30.3 Å². The Morgan fingerprint density at radius 1 is 1.32 bits per heavy atom. The number of esters is 1. The van der Waals surface area contributed by atoms with Crippen molar-refractivity contribution in [2.45, 2.75) is 6.42 Å². The fourth-order valence-corrected chi connectivity index (χ4v) is 2.71. The van der Waals surface area contributed by atoms with Gasteiger partial charge in [0, 0.05) is 31.6 Å². The van der Waals surface area contributed by atoms with Crippen molar-refractivity contribution in [3.05, 3.63) is 36.4 Å². The summed E-state index contributed by atoms with van der Waals surface area (Å²) in [5, 5.41) is 4.46. The number of ether oxygens (including phenoxy) is 1. The van der Waals surface area contributed by atoms with Crippen LogP contribution in [0.15, 0.2) is 36.4 Å². The predicted molar refractivity (Wildman–Crippen MR) is 81.1 cm³/mol. The van der Waals surface area contributed by atoms with Crippen LogP contribution in [0.5, 0.6) is 0 Å². The van der Waals surface area contributed by atoms with Crippen LogP contribution in [0.3, 0.4) is 0 Å². The Hall–Kier alpha value is -2.63. The molecule has 1 aromatic carbocycles. The Morgan fingerprint density at radius 2 is 2.05 bits per heavy atom. The molecular formula is C16H17N3O3. The summed E-state index contributed by atoms with van der Waals surface area (Å²) in [6.45, 7) is 0.333. The molecule has 1 atom stereocenters. The number of carbonyl (C=O) groups excluding carboxylic acids is 2. The number of amides is 1. The lowest BCUT2D eigenvalue weighted by Crippen LogP contribution is -2.28. The summed E-state index contributed by atoms with van der Waals surface area (Å²) in [7, 11) is 3.13. The zero-order chi connectivity index (χ0) is 15.7. The maximum Gasteiger partial charge on any atom is 0.311 e. The van der Waals surface area contributed by atoms with Crippen molar-refractivity contribution in [2.24, 2.45) is 13.0 Å². The SMILES string of the molecule is COC(=O)C1CC(=O)N(c2cc(-c3ccccc3)nn2C)C1. The zero-order valence-corrected chi connectivity index (χ0v) is 12.5. The molecule has 1 saturated heterocycles. The first-order valence-corrected chi connectivity index (χ1v) is 7.08. The monoisotopic (exact) mass is 299 g/mol. The molecular weight excluding hydrogens is 282 g/mol. The minimum atomic E-state index is -0.410. The highest BCUT2D eigenvalue weighted by Gasteiger charge is 2.37. The molecule has 0 N–H and O–H groups in total. The van der Waals surface area contributed by atoms with Gasteiger partial charge in [-0.3, -0.25) is 19.2 Å². The Kier molecular flexibility index (Phi) is 3.66. The minimum absolute atomic E-state index is 0.0852. The number of methoxy groups -OCH3 is 1. The molecule has 1 aliphatic heterocycles. The molecule has 2 heterocycles. The number of benzene rings is 1. The van der Waals surface area contributed by atoms with E-state index in [4.69, 9.17) is 4.74 Å². The fraction of sp³-hybridized carbons (Fsp3) is 0.312. The second kappa shape index (κ2) is 5.63. The zero-order valence-electron chi connectivity index (χ0n) is 12.5. The number of rotatable bonds is 3. The van der Waals surface area contributed by atoms with Crippen molar-refractivity contribution in [1.82, 2.24) is 9.78 Å². The van der Waals surface area contributed by atoms with E-state index in [9.17, 15) is 9.59 Å². The van der Waals surface area contributed by atoms with Gasteiger partial charge in [0.05, 0.1) is 18.7 Å². The highest BCUT2D eigenvalue weighted by Crippen LogP contribution is 2.29. The number of aryl methyl sites for hydroxylation is 1. The topological polar surface area (TPSA) is 64.4 Å². The van der Waals surface area contributed by atoms with Gasteiger partial charge >= 0.3 is 5.97 Å². The number of aromatic nitrogens is 2. The molecule has 114 valence electrons. The van der Waals surface area contributed by atoms with E-state index < -0.39 is 5.92 Å². The predicted octanol–water partition coefficient (Wildman–Crippen LogP) is 1.61. The van der Waals surface area contributed by atoms with Crippen LogP contribution in [0.25, 0.3) is 11.3 Å². The van der Waals surface area contributed by atoms with Crippen LogP contribution in [0.2, 0.25) is 0 Å². The van der Waals surface area contributed by atoms with Gasteiger partial charge in [-0.25, -0.2) is 0 Å². The summed E-state index contributed by atoms with van der Waals surface area (Å²) >= 11 is 0. The van der Waals surface area contributed by atoms with Crippen LogP contribution in [0, 0.1) is 5.92 Å². The van der Waals surface area contributed by atoms with E-state index in [2.05, 4.69) is 5.10 Å². The molecule has 0 radical (unpaired) electrons.